The van der Waals surface area contributed by atoms with E-state index in [0.717, 1.165) is 5.56 Å². The molecule has 0 aliphatic rings. The van der Waals surface area contributed by atoms with Gasteiger partial charge in [-0.2, -0.15) is 5.10 Å². The number of hydrazone groups is 1. The number of rotatable bonds is 6. The van der Waals surface area contributed by atoms with Crippen LogP contribution in [0.5, 0.6) is 5.75 Å². The van der Waals surface area contributed by atoms with Gasteiger partial charge in [0.05, 0.1) is 11.2 Å². The van der Waals surface area contributed by atoms with Crippen LogP contribution in [0.2, 0.25) is 5.02 Å². The number of benzene rings is 2. The summed E-state index contributed by atoms with van der Waals surface area (Å²) in [6, 6.07) is 12.1. The Bertz CT molecular complexity index is 897. The summed E-state index contributed by atoms with van der Waals surface area (Å²) in [6.07, 6.45) is 1.32. The standard InChI is InChI=1S/C19H19ClN4O4/c1-12-3-6-14(7-4-12)23-17(25)11-28-16-8-5-13(9-15(16)20)10-22-24-19(27)18(26)21-2/h3-10H,11H2,1-2H3,(H,21,26)(H,23,25)(H,24,27)/b22-10-. The Kier molecular flexibility index (Phi) is 7.53. The molecule has 0 saturated carbocycles. The third-order valence-corrected chi connectivity index (χ3v) is 3.76. The second-order valence-electron chi connectivity index (χ2n) is 5.67. The lowest BCUT2D eigenvalue weighted by atomic mass is 10.2. The zero-order valence-electron chi connectivity index (χ0n) is 15.3. The molecule has 146 valence electrons. The van der Waals surface area contributed by atoms with Crippen molar-refractivity contribution in [1.29, 1.82) is 0 Å². The van der Waals surface area contributed by atoms with Gasteiger partial charge in [-0.05, 0) is 42.8 Å². The molecule has 0 fully saturated rings. The number of aryl methyl sites for hydroxylation is 1. The van der Waals surface area contributed by atoms with Crippen molar-refractivity contribution in [1.82, 2.24) is 10.7 Å². The summed E-state index contributed by atoms with van der Waals surface area (Å²) < 4.78 is 5.43. The van der Waals surface area contributed by atoms with Crippen molar-refractivity contribution in [3.05, 3.63) is 58.6 Å². The fourth-order valence-corrected chi connectivity index (χ4v) is 2.26. The predicted octanol–water partition coefficient (Wildman–Crippen LogP) is 1.86. The van der Waals surface area contributed by atoms with Crippen molar-refractivity contribution in [3.63, 3.8) is 0 Å². The Balaban J connectivity index is 1.87. The number of likely N-dealkylation sites (N-methyl/N-ethyl adjacent to an activating group) is 1. The summed E-state index contributed by atoms with van der Waals surface area (Å²) in [7, 11) is 1.34. The number of halogens is 1. The summed E-state index contributed by atoms with van der Waals surface area (Å²) in [4.78, 5) is 34.3. The quantitative estimate of drug-likeness (QED) is 0.389. The van der Waals surface area contributed by atoms with Gasteiger partial charge < -0.3 is 15.4 Å². The molecule has 2 aromatic rings. The van der Waals surface area contributed by atoms with Crippen molar-refractivity contribution in [2.24, 2.45) is 5.10 Å². The number of anilines is 1. The van der Waals surface area contributed by atoms with Gasteiger partial charge in [0.1, 0.15) is 5.75 Å². The molecular formula is C19H19ClN4O4. The first-order chi connectivity index (χ1) is 13.4. The van der Waals surface area contributed by atoms with Crippen LogP contribution in [0.15, 0.2) is 47.6 Å². The maximum Gasteiger partial charge on any atom is 0.329 e. The van der Waals surface area contributed by atoms with E-state index < -0.39 is 11.8 Å². The molecule has 2 aromatic carbocycles. The lowest BCUT2D eigenvalue weighted by Crippen LogP contribution is -2.35. The van der Waals surface area contributed by atoms with Crippen molar-refractivity contribution in [3.8, 4) is 5.75 Å². The van der Waals surface area contributed by atoms with E-state index in [1.54, 1.807) is 30.3 Å². The van der Waals surface area contributed by atoms with Crippen molar-refractivity contribution < 1.29 is 19.1 Å². The number of carbonyl (C=O) groups excluding carboxylic acids is 3. The van der Waals surface area contributed by atoms with Crippen LogP contribution in [0, 0.1) is 6.92 Å². The van der Waals surface area contributed by atoms with E-state index in [1.165, 1.54) is 13.3 Å². The molecule has 2 rings (SSSR count). The molecule has 0 heterocycles. The SMILES string of the molecule is CNC(=O)C(=O)N/N=C\c1ccc(OCC(=O)Nc2ccc(C)cc2)c(Cl)c1. The zero-order chi connectivity index (χ0) is 20.5. The molecule has 0 spiro atoms. The zero-order valence-corrected chi connectivity index (χ0v) is 16.0. The molecule has 9 heteroatoms. The minimum absolute atomic E-state index is 0.205. The van der Waals surface area contributed by atoms with Gasteiger partial charge in [0.2, 0.25) is 0 Å². The van der Waals surface area contributed by atoms with Crippen LogP contribution in [-0.4, -0.2) is 37.6 Å². The van der Waals surface area contributed by atoms with Gasteiger partial charge in [-0.3, -0.25) is 14.4 Å². The fraction of sp³-hybridized carbons (Fsp3) is 0.158. The van der Waals surface area contributed by atoms with E-state index >= 15 is 0 Å². The molecule has 0 atom stereocenters. The van der Waals surface area contributed by atoms with E-state index in [-0.39, 0.29) is 17.5 Å². The summed E-state index contributed by atoms with van der Waals surface area (Å²) in [5.74, 6) is -1.68. The minimum Gasteiger partial charge on any atom is -0.482 e. The highest BCUT2D eigenvalue weighted by Crippen LogP contribution is 2.25. The van der Waals surface area contributed by atoms with Gasteiger partial charge in [0, 0.05) is 12.7 Å². The van der Waals surface area contributed by atoms with Gasteiger partial charge in [0.15, 0.2) is 6.61 Å². The van der Waals surface area contributed by atoms with E-state index in [9.17, 15) is 14.4 Å². The second kappa shape index (κ2) is 10.1. The molecule has 0 radical (unpaired) electrons. The monoisotopic (exact) mass is 402 g/mol. The lowest BCUT2D eigenvalue weighted by Gasteiger charge is -2.09. The molecule has 0 saturated heterocycles. The maximum atomic E-state index is 12.0. The summed E-state index contributed by atoms with van der Waals surface area (Å²) in [5.41, 5.74) is 4.41. The van der Waals surface area contributed by atoms with Crippen LogP contribution in [0.3, 0.4) is 0 Å². The van der Waals surface area contributed by atoms with Gasteiger partial charge in [0.25, 0.3) is 5.91 Å². The lowest BCUT2D eigenvalue weighted by molar-refractivity contribution is -0.138. The first-order valence-corrected chi connectivity index (χ1v) is 8.61. The molecule has 0 bridgehead atoms. The average Bonchev–Trinajstić information content (AvgIpc) is 2.68. The molecule has 8 nitrogen and oxygen atoms in total. The van der Waals surface area contributed by atoms with Crippen molar-refractivity contribution in [2.45, 2.75) is 6.92 Å². The van der Waals surface area contributed by atoms with Crippen LogP contribution in [0.1, 0.15) is 11.1 Å². The second-order valence-corrected chi connectivity index (χ2v) is 6.08. The first kappa shape index (κ1) is 20.9. The Morgan fingerprint density at radius 2 is 1.82 bits per heavy atom. The third kappa shape index (κ3) is 6.40. The fourth-order valence-electron chi connectivity index (χ4n) is 2.02. The number of nitrogens with zero attached hydrogens (tertiary/aromatic N) is 1. The van der Waals surface area contributed by atoms with Gasteiger partial charge in [-0.15, -0.1) is 0 Å². The topological polar surface area (TPSA) is 109 Å². The Hall–Kier alpha value is -3.39. The number of hydrogen-bond acceptors (Lipinski definition) is 5. The first-order valence-electron chi connectivity index (χ1n) is 8.23. The van der Waals surface area contributed by atoms with Crippen LogP contribution in [0.4, 0.5) is 5.69 Å². The Labute approximate surface area is 166 Å². The van der Waals surface area contributed by atoms with Crippen LogP contribution in [-0.2, 0) is 14.4 Å². The van der Waals surface area contributed by atoms with Gasteiger partial charge in [-0.1, -0.05) is 29.3 Å². The largest absolute Gasteiger partial charge is 0.482 e. The number of carbonyl (C=O) groups is 3. The highest BCUT2D eigenvalue weighted by molar-refractivity contribution is 6.35. The van der Waals surface area contributed by atoms with Crippen molar-refractivity contribution in [2.75, 3.05) is 19.0 Å². The van der Waals surface area contributed by atoms with Crippen LogP contribution >= 0.6 is 11.6 Å². The minimum atomic E-state index is -0.885. The number of amides is 3. The summed E-state index contributed by atoms with van der Waals surface area (Å²) in [5, 5.41) is 8.82. The van der Waals surface area contributed by atoms with Crippen molar-refractivity contribution >= 4 is 41.2 Å². The smallest absolute Gasteiger partial charge is 0.329 e. The molecule has 3 amide bonds. The van der Waals surface area contributed by atoms with Crippen LogP contribution < -0.4 is 20.8 Å². The maximum absolute atomic E-state index is 12.0. The summed E-state index contributed by atoms with van der Waals surface area (Å²) >= 11 is 6.13. The third-order valence-electron chi connectivity index (χ3n) is 3.46. The van der Waals surface area contributed by atoms with Gasteiger partial charge >= 0.3 is 11.8 Å². The van der Waals surface area contributed by atoms with E-state index in [2.05, 4.69) is 21.2 Å². The number of ether oxygens (including phenoxy) is 1. The van der Waals surface area contributed by atoms with Crippen LogP contribution in [0.25, 0.3) is 0 Å². The molecule has 28 heavy (non-hydrogen) atoms. The molecular weight excluding hydrogens is 384 g/mol. The summed E-state index contributed by atoms with van der Waals surface area (Å²) in [6.45, 7) is 1.75. The molecule has 0 aromatic heterocycles. The van der Waals surface area contributed by atoms with E-state index in [0.29, 0.717) is 17.0 Å². The van der Waals surface area contributed by atoms with Gasteiger partial charge in [-0.25, -0.2) is 5.43 Å². The number of nitrogens with one attached hydrogen (secondary N) is 3. The highest BCUT2D eigenvalue weighted by atomic mass is 35.5. The molecule has 3 N–H and O–H groups in total. The molecule has 0 aliphatic heterocycles. The normalized spacial score (nSPS) is 10.4. The molecule has 0 aliphatic carbocycles. The number of hydrogen-bond donors (Lipinski definition) is 3. The van der Waals surface area contributed by atoms with E-state index in [4.69, 9.17) is 16.3 Å². The Morgan fingerprint density at radius 1 is 1.11 bits per heavy atom. The Morgan fingerprint density at radius 3 is 2.46 bits per heavy atom. The average molecular weight is 403 g/mol. The predicted molar refractivity (Wildman–Crippen MR) is 107 cm³/mol. The highest BCUT2D eigenvalue weighted by Gasteiger charge is 2.09. The van der Waals surface area contributed by atoms with E-state index in [1.807, 2.05) is 19.1 Å². The molecule has 0 unspecified atom stereocenters.